The Morgan fingerprint density at radius 2 is 1.50 bits per heavy atom. The molecule has 0 fully saturated rings. The van der Waals surface area contributed by atoms with Crippen LogP contribution in [0.4, 0.5) is 0 Å². The van der Waals surface area contributed by atoms with Gasteiger partial charge in [-0.15, -0.1) is 0 Å². The summed E-state index contributed by atoms with van der Waals surface area (Å²) in [4.78, 5) is 0. The summed E-state index contributed by atoms with van der Waals surface area (Å²) in [5.41, 5.74) is 1.55. The molecule has 0 heterocycles. The third-order valence-electron chi connectivity index (χ3n) is 1.96. The minimum Gasteiger partial charge on any atom is -0.501 e. The molecule has 0 aliphatic heterocycles. The van der Waals surface area contributed by atoms with Gasteiger partial charge in [-0.1, -0.05) is 20.8 Å². The number of ether oxygens (including phenoxy) is 1. The van der Waals surface area contributed by atoms with E-state index in [0.717, 1.165) is 5.76 Å². The fourth-order valence-electron chi connectivity index (χ4n) is 0.681. The maximum atomic E-state index is 5.12. The van der Waals surface area contributed by atoms with Gasteiger partial charge < -0.3 is 4.74 Å². The molecule has 0 rings (SSSR count). The van der Waals surface area contributed by atoms with E-state index < -0.39 is 0 Å². The molecule has 0 bridgehead atoms. The molecule has 0 aliphatic rings. The average Bonchev–Trinajstić information content (AvgIpc) is 1.83. The highest BCUT2D eigenvalue weighted by molar-refractivity contribution is 5.10. The van der Waals surface area contributed by atoms with Gasteiger partial charge in [-0.2, -0.15) is 0 Å². The van der Waals surface area contributed by atoms with Crippen molar-refractivity contribution in [3.05, 3.63) is 11.3 Å². The van der Waals surface area contributed by atoms with E-state index in [1.165, 1.54) is 5.57 Å². The number of hydrogen-bond acceptors (Lipinski definition) is 1. The van der Waals surface area contributed by atoms with Gasteiger partial charge in [0.1, 0.15) is 0 Å². The van der Waals surface area contributed by atoms with Crippen LogP contribution >= 0.6 is 0 Å². The van der Waals surface area contributed by atoms with Crippen molar-refractivity contribution in [3.63, 3.8) is 0 Å². The van der Waals surface area contributed by atoms with Crippen LogP contribution in [0.3, 0.4) is 0 Å². The lowest BCUT2D eigenvalue weighted by Gasteiger charge is -2.21. The Bertz CT molecular complexity index is 137. The predicted molar refractivity (Wildman–Crippen MR) is 44.8 cm³/mol. The summed E-state index contributed by atoms with van der Waals surface area (Å²) >= 11 is 0. The van der Waals surface area contributed by atoms with Crippen LogP contribution < -0.4 is 0 Å². The third kappa shape index (κ3) is 2.42. The molecule has 0 unspecified atom stereocenters. The SMILES string of the molecule is CO/C(C)=C(\C)C(C)(C)C. The second-order valence-electron chi connectivity index (χ2n) is 3.64. The summed E-state index contributed by atoms with van der Waals surface area (Å²) in [7, 11) is 1.71. The van der Waals surface area contributed by atoms with Gasteiger partial charge in [-0.25, -0.2) is 0 Å². The topological polar surface area (TPSA) is 9.23 Å². The Balaban J connectivity index is 4.47. The fraction of sp³-hybridized carbons (Fsp3) is 0.778. The molecule has 0 spiro atoms. The highest BCUT2D eigenvalue weighted by Crippen LogP contribution is 2.27. The molecule has 0 aliphatic carbocycles. The normalized spacial score (nSPS) is 14.6. The Kier molecular flexibility index (Phi) is 2.95. The van der Waals surface area contributed by atoms with E-state index in [4.69, 9.17) is 4.74 Å². The molecule has 0 saturated carbocycles. The van der Waals surface area contributed by atoms with Crippen LogP contribution in [0.15, 0.2) is 11.3 Å². The monoisotopic (exact) mass is 142 g/mol. The van der Waals surface area contributed by atoms with Gasteiger partial charge in [0.05, 0.1) is 12.9 Å². The van der Waals surface area contributed by atoms with Crippen LogP contribution in [0, 0.1) is 5.41 Å². The van der Waals surface area contributed by atoms with Gasteiger partial charge >= 0.3 is 0 Å². The molecule has 0 N–H and O–H groups in total. The van der Waals surface area contributed by atoms with Gasteiger partial charge in [0.2, 0.25) is 0 Å². The number of methoxy groups -OCH3 is 1. The second kappa shape index (κ2) is 3.09. The van der Waals surface area contributed by atoms with E-state index in [1.807, 2.05) is 6.92 Å². The average molecular weight is 142 g/mol. The number of rotatable bonds is 1. The molecule has 1 heteroatoms. The molecular formula is C9H18O. The highest BCUT2D eigenvalue weighted by Gasteiger charge is 2.15. The molecule has 60 valence electrons. The Morgan fingerprint density at radius 3 is 1.60 bits per heavy atom. The van der Waals surface area contributed by atoms with Crippen LogP contribution in [0.25, 0.3) is 0 Å². The van der Waals surface area contributed by atoms with Gasteiger partial charge in [-0.05, 0) is 24.8 Å². The summed E-state index contributed by atoms with van der Waals surface area (Å²) in [6, 6.07) is 0. The van der Waals surface area contributed by atoms with E-state index in [0.29, 0.717) is 0 Å². The molecule has 0 radical (unpaired) electrons. The maximum Gasteiger partial charge on any atom is 0.0919 e. The van der Waals surface area contributed by atoms with E-state index in [9.17, 15) is 0 Å². The van der Waals surface area contributed by atoms with Crippen LogP contribution in [0.1, 0.15) is 34.6 Å². The number of hydrogen-bond donors (Lipinski definition) is 0. The first-order valence-electron chi connectivity index (χ1n) is 3.61. The van der Waals surface area contributed by atoms with E-state index in [-0.39, 0.29) is 5.41 Å². The molecule has 0 aromatic heterocycles. The Hall–Kier alpha value is -0.460. The van der Waals surface area contributed by atoms with Crippen molar-refractivity contribution in [1.82, 2.24) is 0 Å². The van der Waals surface area contributed by atoms with Gasteiger partial charge in [-0.3, -0.25) is 0 Å². The van der Waals surface area contributed by atoms with Crippen molar-refractivity contribution >= 4 is 0 Å². The zero-order valence-corrected chi connectivity index (χ0v) is 7.91. The Morgan fingerprint density at radius 1 is 1.10 bits per heavy atom. The van der Waals surface area contributed by atoms with Crippen LogP contribution in [-0.4, -0.2) is 7.11 Å². The maximum absolute atomic E-state index is 5.12. The molecule has 0 amide bonds. The van der Waals surface area contributed by atoms with E-state index >= 15 is 0 Å². The zero-order chi connectivity index (χ0) is 8.36. The van der Waals surface area contributed by atoms with Crippen LogP contribution in [0.2, 0.25) is 0 Å². The minimum atomic E-state index is 0.236. The summed E-state index contributed by atoms with van der Waals surface area (Å²) in [6.07, 6.45) is 0. The van der Waals surface area contributed by atoms with Gasteiger partial charge in [0, 0.05) is 0 Å². The molecule has 0 aromatic rings. The van der Waals surface area contributed by atoms with Crippen molar-refractivity contribution < 1.29 is 4.74 Å². The minimum absolute atomic E-state index is 0.236. The molecule has 10 heavy (non-hydrogen) atoms. The van der Waals surface area contributed by atoms with Gasteiger partial charge in [0.25, 0.3) is 0 Å². The first-order valence-corrected chi connectivity index (χ1v) is 3.61. The van der Waals surface area contributed by atoms with E-state index in [2.05, 4.69) is 27.7 Å². The lowest BCUT2D eigenvalue weighted by atomic mass is 9.87. The largest absolute Gasteiger partial charge is 0.501 e. The fourth-order valence-corrected chi connectivity index (χ4v) is 0.681. The predicted octanol–water partition coefficient (Wildman–Crippen LogP) is 2.97. The molecule has 1 nitrogen and oxygen atoms in total. The molecule has 0 saturated heterocycles. The summed E-state index contributed by atoms with van der Waals surface area (Å²) in [5.74, 6) is 1.03. The summed E-state index contributed by atoms with van der Waals surface area (Å²) in [5, 5.41) is 0. The first-order chi connectivity index (χ1) is 4.39. The van der Waals surface area contributed by atoms with Gasteiger partial charge in [0.15, 0.2) is 0 Å². The highest BCUT2D eigenvalue weighted by atomic mass is 16.5. The standard InChI is InChI=1S/C9H18O/c1-7(8(2)10-6)9(3,4)5/h1-6H3/b8-7+. The van der Waals surface area contributed by atoms with Crippen LogP contribution in [-0.2, 0) is 4.74 Å². The molecule has 0 aromatic carbocycles. The zero-order valence-electron chi connectivity index (χ0n) is 7.91. The quantitative estimate of drug-likeness (QED) is 0.511. The molecule has 0 atom stereocenters. The van der Waals surface area contributed by atoms with E-state index in [1.54, 1.807) is 7.11 Å². The van der Waals surface area contributed by atoms with Crippen molar-refractivity contribution in [2.75, 3.05) is 7.11 Å². The first kappa shape index (κ1) is 9.54. The lowest BCUT2D eigenvalue weighted by Crippen LogP contribution is -2.09. The smallest absolute Gasteiger partial charge is 0.0919 e. The van der Waals surface area contributed by atoms with Crippen molar-refractivity contribution in [3.8, 4) is 0 Å². The lowest BCUT2D eigenvalue weighted by molar-refractivity contribution is 0.277. The van der Waals surface area contributed by atoms with Crippen molar-refractivity contribution in [2.24, 2.45) is 5.41 Å². The Labute approximate surface area is 64.1 Å². The third-order valence-corrected chi connectivity index (χ3v) is 1.96. The number of allylic oxidation sites excluding steroid dienone is 2. The van der Waals surface area contributed by atoms with Crippen LogP contribution in [0.5, 0.6) is 0 Å². The second-order valence-corrected chi connectivity index (χ2v) is 3.64. The van der Waals surface area contributed by atoms with Crippen molar-refractivity contribution in [1.29, 1.82) is 0 Å². The van der Waals surface area contributed by atoms with Crippen molar-refractivity contribution in [2.45, 2.75) is 34.6 Å². The molecular weight excluding hydrogens is 124 g/mol. The summed E-state index contributed by atoms with van der Waals surface area (Å²) in [6.45, 7) is 10.7. The summed E-state index contributed by atoms with van der Waals surface area (Å²) < 4.78 is 5.12.